The highest BCUT2D eigenvalue weighted by atomic mass is 79.9. The van der Waals surface area contributed by atoms with Gasteiger partial charge in [-0.15, -0.1) is 0 Å². The van der Waals surface area contributed by atoms with Gasteiger partial charge in [0.2, 0.25) is 0 Å². The lowest BCUT2D eigenvalue weighted by Crippen LogP contribution is -2.18. The molecule has 0 fully saturated rings. The first kappa shape index (κ1) is 13.4. The van der Waals surface area contributed by atoms with Gasteiger partial charge in [-0.3, -0.25) is 0 Å². The van der Waals surface area contributed by atoms with Crippen LogP contribution in [0.15, 0.2) is 63.7 Å². The largest absolute Gasteiger partial charge is 0.464 e. The second kappa shape index (κ2) is 5.81. The molecule has 0 aliphatic heterocycles. The molecule has 3 rings (SSSR count). The van der Waals surface area contributed by atoms with Crippen LogP contribution in [0.1, 0.15) is 17.2 Å². The second-order valence-corrected chi connectivity index (χ2v) is 5.77. The monoisotopic (exact) mass is 329 g/mol. The molecule has 1 unspecified atom stereocenters. The first-order chi connectivity index (χ1) is 9.78. The standard InChI is InChI=1S/C17H16BrNO/c1-19-16(10-12-6-8-13(18)9-7-12)15-11-20-17-5-3-2-4-14(15)17/h2-9,11,16,19H,10H2,1H3. The molecule has 2 aromatic carbocycles. The molecule has 0 spiro atoms. The molecule has 1 aromatic heterocycles. The molecular formula is C17H16BrNO. The molecule has 1 N–H and O–H groups in total. The van der Waals surface area contributed by atoms with E-state index in [-0.39, 0.29) is 6.04 Å². The van der Waals surface area contributed by atoms with E-state index in [0.29, 0.717) is 0 Å². The van der Waals surface area contributed by atoms with Gasteiger partial charge in [0.15, 0.2) is 0 Å². The fourth-order valence-corrected chi connectivity index (χ4v) is 2.76. The van der Waals surface area contributed by atoms with Crippen LogP contribution in [-0.2, 0) is 6.42 Å². The molecule has 3 heteroatoms. The molecule has 0 aliphatic carbocycles. The lowest BCUT2D eigenvalue weighted by Gasteiger charge is -2.15. The van der Waals surface area contributed by atoms with Crippen molar-refractivity contribution in [1.29, 1.82) is 0 Å². The van der Waals surface area contributed by atoms with Crippen molar-refractivity contribution < 1.29 is 4.42 Å². The van der Waals surface area contributed by atoms with Gasteiger partial charge >= 0.3 is 0 Å². The Balaban J connectivity index is 1.91. The summed E-state index contributed by atoms with van der Waals surface area (Å²) in [6.45, 7) is 0. The zero-order chi connectivity index (χ0) is 13.9. The summed E-state index contributed by atoms with van der Waals surface area (Å²) in [5.74, 6) is 0. The average Bonchev–Trinajstić information content (AvgIpc) is 2.91. The third kappa shape index (κ3) is 2.65. The van der Waals surface area contributed by atoms with Gasteiger partial charge < -0.3 is 9.73 Å². The predicted octanol–water partition coefficient (Wildman–Crippen LogP) is 4.70. The number of hydrogen-bond donors (Lipinski definition) is 1. The Bertz CT molecular complexity index is 702. The maximum atomic E-state index is 5.64. The number of rotatable bonds is 4. The van der Waals surface area contributed by atoms with Crippen LogP contribution in [0.4, 0.5) is 0 Å². The molecule has 0 saturated heterocycles. The van der Waals surface area contributed by atoms with Crippen molar-refractivity contribution in [3.63, 3.8) is 0 Å². The quantitative estimate of drug-likeness (QED) is 0.750. The highest BCUT2D eigenvalue weighted by Crippen LogP contribution is 2.28. The van der Waals surface area contributed by atoms with Crippen molar-refractivity contribution in [1.82, 2.24) is 5.32 Å². The van der Waals surface area contributed by atoms with Gasteiger partial charge in [0, 0.05) is 21.5 Å². The van der Waals surface area contributed by atoms with Crippen LogP contribution in [0.3, 0.4) is 0 Å². The van der Waals surface area contributed by atoms with Crippen molar-refractivity contribution in [3.8, 4) is 0 Å². The zero-order valence-corrected chi connectivity index (χ0v) is 12.9. The lowest BCUT2D eigenvalue weighted by atomic mass is 9.98. The number of furan rings is 1. The molecule has 20 heavy (non-hydrogen) atoms. The molecule has 0 bridgehead atoms. The van der Waals surface area contributed by atoms with Crippen molar-refractivity contribution in [2.45, 2.75) is 12.5 Å². The summed E-state index contributed by atoms with van der Waals surface area (Å²) in [5.41, 5.74) is 3.46. The molecule has 1 atom stereocenters. The smallest absolute Gasteiger partial charge is 0.134 e. The molecule has 2 nitrogen and oxygen atoms in total. The van der Waals surface area contributed by atoms with E-state index in [2.05, 4.69) is 51.6 Å². The van der Waals surface area contributed by atoms with Crippen LogP contribution in [0.25, 0.3) is 11.0 Å². The number of hydrogen-bond acceptors (Lipinski definition) is 2. The topological polar surface area (TPSA) is 25.2 Å². The first-order valence-electron chi connectivity index (χ1n) is 6.66. The van der Waals surface area contributed by atoms with Gasteiger partial charge in [0.25, 0.3) is 0 Å². The van der Waals surface area contributed by atoms with Crippen LogP contribution >= 0.6 is 15.9 Å². The third-order valence-electron chi connectivity index (χ3n) is 3.59. The number of para-hydroxylation sites is 1. The van der Waals surface area contributed by atoms with Gasteiger partial charge in [0.05, 0.1) is 6.26 Å². The second-order valence-electron chi connectivity index (χ2n) is 4.86. The predicted molar refractivity (Wildman–Crippen MR) is 85.9 cm³/mol. The Labute approximate surface area is 126 Å². The number of nitrogens with one attached hydrogen (secondary N) is 1. The zero-order valence-electron chi connectivity index (χ0n) is 11.3. The van der Waals surface area contributed by atoms with Crippen LogP contribution in [0.2, 0.25) is 0 Å². The fourth-order valence-electron chi connectivity index (χ4n) is 2.49. The van der Waals surface area contributed by atoms with Gasteiger partial charge in [-0.05, 0) is 37.2 Å². The minimum absolute atomic E-state index is 0.250. The van der Waals surface area contributed by atoms with Gasteiger partial charge in [-0.1, -0.05) is 46.3 Å². The van der Waals surface area contributed by atoms with E-state index in [4.69, 9.17) is 4.42 Å². The Morgan fingerprint density at radius 2 is 1.85 bits per heavy atom. The summed E-state index contributed by atoms with van der Waals surface area (Å²) < 4.78 is 6.75. The van der Waals surface area contributed by atoms with E-state index in [1.54, 1.807) is 0 Å². The molecule has 0 saturated carbocycles. The molecule has 0 aliphatic rings. The molecule has 0 radical (unpaired) electrons. The molecule has 0 amide bonds. The van der Waals surface area contributed by atoms with E-state index in [0.717, 1.165) is 16.5 Å². The Morgan fingerprint density at radius 3 is 2.60 bits per heavy atom. The molecular weight excluding hydrogens is 314 g/mol. The number of likely N-dealkylation sites (N-methyl/N-ethyl adjacent to an activating group) is 1. The maximum absolute atomic E-state index is 5.64. The number of fused-ring (bicyclic) bond motifs is 1. The first-order valence-corrected chi connectivity index (χ1v) is 7.45. The lowest BCUT2D eigenvalue weighted by molar-refractivity contribution is 0.563. The van der Waals surface area contributed by atoms with E-state index < -0.39 is 0 Å². The van der Waals surface area contributed by atoms with Gasteiger partial charge in [0.1, 0.15) is 5.58 Å². The minimum atomic E-state index is 0.250. The van der Waals surface area contributed by atoms with Crippen molar-refractivity contribution in [2.24, 2.45) is 0 Å². The van der Waals surface area contributed by atoms with Gasteiger partial charge in [-0.2, -0.15) is 0 Å². The van der Waals surface area contributed by atoms with Gasteiger partial charge in [-0.25, -0.2) is 0 Å². The SMILES string of the molecule is CNC(Cc1ccc(Br)cc1)c1coc2ccccc12. The van der Waals surface area contributed by atoms with E-state index >= 15 is 0 Å². The summed E-state index contributed by atoms with van der Waals surface area (Å²) in [6, 6.07) is 16.9. The highest BCUT2D eigenvalue weighted by molar-refractivity contribution is 9.10. The number of halogens is 1. The summed E-state index contributed by atoms with van der Waals surface area (Å²) in [4.78, 5) is 0. The Kier molecular flexibility index (Phi) is 3.90. The maximum Gasteiger partial charge on any atom is 0.134 e. The van der Waals surface area contributed by atoms with Crippen molar-refractivity contribution >= 4 is 26.9 Å². The fraction of sp³-hybridized carbons (Fsp3) is 0.176. The summed E-state index contributed by atoms with van der Waals surface area (Å²) in [5, 5.41) is 4.57. The van der Waals surface area contributed by atoms with E-state index in [9.17, 15) is 0 Å². The molecule has 102 valence electrons. The Morgan fingerprint density at radius 1 is 1.10 bits per heavy atom. The summed E-state index contributed by atoms with van der Waals surface area (Å²) in [6.07, 6.45) is 2.80. The van der Waals surface area contributed by atoms with Crippen molar-refractivity contribution in [3.05, 3.63) is 70.4 Å². The minimum Gasteiger partial charge on any atom is -0.464 e. The van der Waals surface area contributed by atoms with Crippen LogP contribution < -0.4 is 5.32 Å². The van der Waals surface area contributed by atoms with Crippen molar-refractivity contribution in [2.75, 3.05) is 7.05 Å². The molecule has 3 aromatic rings. The summed E-state index contributed by atoms with van der Waals surface area (Å²) >= 11 is 3.47. The van der Waals surface area contributed by atoms with E-state index in [1.807, 2.05) is 31.5 Å². The summed E-state index contributed by atoms with van der Waals surface area (Å²) in [7, 11) is 1.99. The normalized spacial score (nSPS) is 12.7. The molecule has 1 heterocycles. The van der Waals surface area contributed by atoms with Crippen LogP contribution in [0.5, 0.6) is 0 Å². The van der Waals surface area contributed by atoms with Crippen LogP contribution in [0, 0.1) is 0 Å². The van der Waals surface area contributed by atoms with Crippen LogP contribution in [-0.4, -0.2) is 7.05 Å². The Hall–Kier alpha value is -1.58. The highest BCUT2D eigenvalue weighted by Gasteiger charge is 2.15. The third-order valence-corrected chi connectivity index (χ3v) is 4.12. The van der Waals surface area contributed by atoms with E-state index in [1.165, 1.54) is 16.5 Å². The average molecular weight is 330 g/mol. The number of benzene rings is 2.